The topological polar surface area (TPSA) is 29.9 Å². The molecular formula is C12H15N3S. The van der Waals surface area contributed by atoms with E-state index in [0.717, 1.165) is 18.9 Å². The number of imidazole rings is 1. The fourth-order valence-electron chi connectivity index (χ4n) is 2.24. The SMILES string of the molecule is c1csc(-c2nccn2C[C@@H]2CCCN2)c1. The van der Waals surface area contributed by atoms with Crippen LogP contribution in [0.2, 0.25) is 0 Å². The Hall–Kier alpha value is -1.13. The van der Waals surface area contributed by atoms with Crippen molar-refractivity contribution in [1.29, 1.82) is 0 Å². The van der Waals surface area contributed by atoms with Crippen LogP contribution in [0, 0.1) is 0 Å². The van der Waals surface area contributed by atoms with Crippen LogP contribution in [0.3, 0.4) is 0 Å². The highest BCUT2D eigenvalue weighted by Crippen LogP contribution is 2.23. The molecule has 0 radical (unpaired) electrons. The van der Waals surface area contributed by atoms with Gasteiger partial charge in [0.15, 0.2) is 0 Å². The fourth-order valence-corrected chi connectivity index (χ4v) is 2.97. The summed E-state index contributed by atoms with van der Waals surface area (Å²) >= 11 is 1.75. The zero-order valence-corrected chi connectivity index (χ0v) is 9.91. The molecule has 0 spiro atoms. The summed E-state index contributed by atoms with van der Waals surface area (Å²) in [6, 6.07) is 4.83. The van der Waals surface area contributed by atoms with E-state index in [1.165, 1.54) is 17.7 Å². The Labute approximate surface area is 99.1 Å². The lowest BCUT2D eigenvalue weighted by atomic mass is 10.2. The van der Waals surface area contributed by atoms with Crippen LogP contribution in [-0.4, -0.2) is 22.1 Å². The van der Waals surface area contributed by atoms with Crippen molar-refractivity contribution in [1.82, 2.24) is 14.9 Å². The van der Waals surface area contributed by atoms with E-state index in [9.17, 15) is 0 Å². The van der Waals surface area contributed by atoms with Crippen LogP contribution in [0.1, 0.15) is 12.8 Å². The lowest BCUT2D eigenvalue weighted by Crippen LogP contribution is -2.26. The van der Waals surface area contributed by atoms with Gasteiger partial charge >= 0.3 is 0 Å². The minimum Gasteiger partial charge on any atom is -0.329 e. The number of nitrogens with zero attached hydrogens (tertiary/aromatic N) is 2. The summed E-state index contributed by atoms with van der Waals surface area (Å²) in [6.45, 7) is 2.20. The molecule has 1 saturated heterocycles. The van der Waals surface area contributed by atoms with E-state index in [0.29, 0.717) is 6.04 Å². The first kappa shape index (κ1) is 10.1. The monoisotopic (exact) mass is 233 g/mol. The number of aromatic nitrogens is 2. The zero-order chi connectivity index (χ0) is 10.8. The molecule has 1 N–H and O–H groups in total. The van der Waals surface area contributed by atoms with E-state index in [1.807, 2.05) is 6.20 Å². The van der Waals surface area contributed by atoms with Crippen LogP contribution in [-0.2, 0) is 6.54 Å². The van der Waals surface area contributed by atoms with Gasteiger partial charge in [-0.1, -0.05) is 6.07 Å². The van der Waals surface area contributed by atoms with E-state index in [4.69, 9.17) is 0 Å². The van der Waals surface area contributed by atoms with Crippen LogP contribution >= 0.6 is 11.3 Å². The van der Waals surface area contributed by atoms with Crippen molar-refractivity contribution in [2.24, 2.45) is 0 Å². The van der Waals surface area contributed by atoms with Crippen molar-refractivity contribution < 1.29 is 0 Å². The lowest BCUT2D eigenvalue weighted by molar-refractivity contribution is 0.512. The molecular weight excluding hydrogens is 218 g/mol. The first-order chi connectivity index (χ1) is 7.93. The smallest absolute Gasteiger partial charge is 0.150 e. The van der Waals surface area contributed by atoms with Gasteiger partial charge in [-0.3, -0.25) is 0 Å². The largest absolute Gasteiger partial charge is 0.329 e. The van der Waals surface area contributed by atoms with Crippen LogP contribution in [0.4, 0.5) is 0 Å². The highest BCUT2D eigenvalue weighted by molar-refractivity contribution is 7.13. The summed E-state index contributed by atoms with van der Waals surface area (Å²) in [5.74, 6) is 1.10. The van der Waals surface area contributed by atoms with Gasteiger partial charge in [0.1, 0.15) is 5.82 Å². The highest BCUT2D eigenvalue weighted by atomic mass is 32.1. The molecule has 0 unspecified atom stereocenters. The van der Waals surface area contributed by atoms with Crippen LogP contribution < -0.4 is 5.32 Å². The first-order valence-corrected chi connectivity index (χ1v) is 6.60. The average Bonchev–Trinajstić information content (AvgIpc) is 2.98. The third kappa shape index (κ3) is 1.90. The summed E-state index contributed by atoms with van der Waals surface area (Å²) in [6.07, 6.45) is 6.55. The van der Waals surface area contributed by atoms with Crippen molar-refractivity contribution in [3.63, 3.8) is 0 Å². The maximum atomic E-state index is 4.45. The summed E-state index contributed by atoms with van der Waals surface area (Å²) in [5, 5.41) is 5.62. The van der Waals surface area contributed by atoms with E-state index in [1.54, 1.807) is 11.3 Å². The third-order valence-electron chi connectivity index (χ3n) is 3.04. The predicted octanol–water partition coefficient (Wildman–Crippen LogP) is 2.36. The van der Waals surface area contributed by atoms with Gasteiger partial charge in [0.25, 0.3) is 0 Å². The predicted molar refractivity (Wildman–Crippen MR) is 66.6 cm³/mol. The molecule has 0 aromatic carbocycles. The van der Waals surface area contributed by atoms with Gasteiger partial charge in [-0.05, 0) is 30.8 Å². The van der Waals surface area contributed by atoms with E-state index in [-0.39, 0.29) is 0 Å². The Morgan fingerprint density at radius 2 is 2.56 bits per heavy atom. The molecule has 1 aliphatic heterocycles. The molecule has 3 heterocycles. The first-order valence-electron chi connectivity index (χ1n) is 5.72. The molecule has 1 aliphatic rings. The molecule has 0 aliphatic carbocycles. The molecule has 0 amide bonds. The van der Waals surface area contributed by atoms with Crippen molar-refractivity contribution in [3.8, 4) is 10.7 Å². The van der Waals surface area contributed by atoms with Crippen LogP contribution in [0.25, 0.3) is 10.7 Å². The number of thiophene rings is 1. The number of hydrogen-bond acceptors (Lipinski definition) is 3. The van der Waals surface area contributed by atoms with Gasteiger partial charge in [0, 0.05) is 25.0 Å². The van der Waals surface area contributed by atoms with Crippen molar-refractivity contribution in [2.75, 3.05) is 6.54 Å². The van der Waals surface area contributed by atoms with Crippen molar-refractivity contribution in [3.05, 3.63) is 29.9 Å². The molecule has 2 aromatic heterocycles. The summed E-state index contributed by atoms with van der Waals surface area (Å²) in [4.78, 5) is 5.70. The lowest BCUT2D eigenvalue weighted by Gasteiger charge is -2.12. The maximum Gasteiger partial charge on any atom is 0.150 e. The normalized spacial score (nSPS) is 20.4. The maximum absolute atomic E-state index is 4.45. The second-order valence-electron chi connectivity index (χ2n) is 4.17. The Kier molecular flexibility index (Phi) is 2.76. The molecule has 3 rings (SSSR count). The van der Waals surface area contributed by atoms with Gasteiger partial charge in [0.2, 0.25) is 0 Å². The Balaban J connectivity index is 1.82. The molecule has 4 heteroatoms. The van der Waals surface area contributed by atoms with Gasteiger partial charge in [0.05, 0.1) is 4.88 Å². The second-order valence-corrected chi connectivity index (χ2v) is 5.12. The molecule has 1 fully saturated rings. The number of hydrogen-bond donors (Lipinski definition) is 1. The molecule has 0 saturated carbocycles. The molecule has 3 nitrogen and oxygen atoms in total. The Morgan fingerprint density at radius 1 is 1.56 bits per heavy atom. The van der Waals surface area contributed by atoms with Crippen molar-refractivity contribution >= 4 is 11.3 Å². The molecule has 16 heavy (non-hydrogen) atoms. The standard InChI is InChI=1S/C12H15N3S/c1-3-10(13-5-1)9-15-7-6-14-12(15)11-4-2-8-16-11/h2,4,6-8,10,13H,1,3,5,9H2/t10-/m0/s1. The molecule has 2 aromatic rings. The minimum atomic E-state index is 0.618. The van der Waals surface area contributed by atoms with Gasteiger partial charge in [-0.15, -0.1) is 11.3 Å². The van der Waals surface area contributed by atoms with Crippen LogP contribution in [0.5, 0.6) is 0 Å². The molecule has 84 valence electrons. The van der Waals surface area contributed by atoms with Gasteiger partial charge in [-0.25, -0.2) is 4.98 Å². The number of rotatable bonds is 3. The molecule has 0 bridgehead atoms. The fraction of sp³-hybridized carbons (Fsp3) is 0.417. The van der Waals surface area contributed by atoms with E-state index in [2.05, 4.69) is 38.6 Å². The van der Waals surface area contributed by atoms with E-state index < -0.39 is 0 Å². The minimum absolute atomic E-state index is 0.618. The summed E-state index contributed by atoms with van der Waals surface area (Å²) in [5.41, 5.74) is 0. The summed E-state index contributed by atoms with van der Waals surface area (Å²) < 4.78 is 2.26. The molecule has 1 atom stereocenters. The van der Waals surface area contributed by atoms with Gasteiger partial charge < -0.3 is 9.88 Å². The van der Waals surface area contributed by atoms with E-state index >= 15 is 0 Å². The summed E-state index contributed by atoms with van der Waals surface area (Å²) in [7, 11) is 0. The van der Waals surface area contributed by atoms with Gasteiger partial charge in [-0.2, -0.15) is 0 Å². The Bertz CT molecular complexity index is 441. The van der Waals surface area contributed by atoms with Crippen LogP contribution in [0.15, 0.2) is 29.9 Å². The highest BCUT2D eigenvalue weighted by Gasteiger charge is 2.16. The third-order valence-corrected chi connectivity index (χ3v) is 3.90. The second kappa shape index (κ2) is 4.39. The zero-order valence-electron chi connectivity index (χ0n) is 9.10. The number of nitrogens with one attached hydrogen (secondary N) is 1. The quantitative estimate of drug-likeness (QED) is 0.882. The van der Waals surface area contributed by atoms with Crippen molar-refractivity contribution in [2.45, 2.75) is 25.4 Å². The Morgan fingerprint density at radius 3 is 3.31 bits per heavy atom. The average molecular weight is 233 g/mol.